The van der Waals surface area contributed by atoms with E-state index in [-0.39, 0.29) is 0 Å². The Morgan fingerprint density at radius 2 is 0.764 bits per heavy atom. The highest BCUT2D eigenvalue weighted by atomic mass is 16.3. The lowest BCUT2D eigenvalue weighted by Gasteiger charge is -2.15. The highest BCUT2D eigenvalue weighted by Crippen LogP contribution is 2.41. The summed E-state index contributed by atoms with van der Waals surface area (Å²) in [6, 6.07) is 72.2. The first-order valence-corrected chi connectivity index (χ1v) is 18.6. The predicted molar refractivity (Wildman–Crippen MR) is 227 cm³/mol. The SMILES string of the molecule is c1ccc(-c2ccc(-c3nc(-c4ccccc4)cc(-c4cc(-c5ccccc5-c5ccccc5)cc(-c5cccc6c5oc5ccccc56)c4)n3)cc2)cc1. The molecule has 0 radical (unpaired) electrons. The number of para-hydroxylation sites is 2. The Morgan fingerprint density at radius 3 is 1.47 bits per heavy atom. The van der Waals surface area contributed by atoms with Gasteiger partial charge in [-0.1, -0.05) is 176 Å². The molecule has 0 amide bonds. The summed E-state index contributed by atoms with van der Waals surface area (Å²) >= 11 is 0. The van der Waals surface area contributed by atoms with Crippen molar-refractivity contribution in [1.29, 1.82) is 0 Å². The fourth-order valence-corrected chi connectivity index (χ4v) is 7.59. The van der Waals surface area contributed by atoms with Gasteiger partial charge in [-0.25, -0.2) is 9.97 Å². The second-order valence-electron chi connectivity index (χ2n) is 13.8. The van der Waals surface area contributed by atoms with E-state index in [1.807, 2.05) is 24.3 Å². The lowest BCUT2D eigenvalue weighted by molar-refractivity contribution is 0.670. The first-order valence-electron chi connectivity index (χ1n) is 18.6. The standard InChI is InChI=1S/C52H34N2O/c1-4-15-35(16-5-1)36-27-29-39(30-28-36)52-53-48(38-19-8-3-9-20-38)34-49(54-52)42-32-40(44-22-11-10-21-43(44)37-17-6-2-7-18-37)31-41(33-42)45-24-14-25-47-46-23-12-13-26-50(46)55-51(45)47/h1-34H. The van der Waals surface area contributed by atoms with Gasteiger partial charge >= 0.3 is 0 Å². The summed E-state index contributed by atoms with van der Waals surface area (Å²) in [5, 5.41) is 2.20. The van der Waals surface area contributed by atoms with Gasteiger partial charge in [-0.2, -0.15) is 0 Å². The Bertz CT molecular complexity index is 2950. The van der Waals surface area contributed by atoms with Gasteiger partial charge in [0.1, 0.15) is 11.2 Å². The smallest absolute Gasteiger partial charge is 0.160 e. The van der Waals surface area contributed by atoms with Crippen LogP contribution in [0.15, 0.2) is 211 Å². The number of rotatable bonds is 7. The second-order valence-corrected chi connectivity index (χ2v) is 13.8. The van der Waals surface area contributed by atoms with Crippen LogP contribution in [-0.4, -0.2) is 9.97 Å². The van der Waals surface area contributed by atoms with Crippen LogP contribution in [0, 0.1) is 0 Å². The summed E-state index contributed by atoms with van der Waals surface area (Å²) in [7, 11) is 0. The average Bonchev–Trinajstić information content (AvgIpc) is 3.66. The minimum atomic E-state index is 0.673. The number of aromatic nitrogens is 2. The van der Waals surface area contributed by atoms with Crippen LogP contribution in [0.25, 0.3) is 100 Å². The van der Waals surface area contributed by atoms with E-state index in [0.717, 1.165) is 77.8 Å². The van der Waals surface area contributed by atoms with Gasteiger partial charge < -0.3 is 4.42 Å². The molecule has 0 bridgehead atoms. The van der Waals surface area contributed by atoms with Crippen molar-refractivity contribution in [2.24, 2.45) is 0 Å². The molecule has 2 aromatic heterocycles. The topological polar surface area (TPSA) is 38.9 Å². The van der Waals surface area contributed by atoms with Gasteiger partial charge in [0.2, 0.25) is 0 Å². The molecule has 0 spiro atoms. The van der Waals surface area contributed by atoms with E-state index in [2.05, 4.69) is 182 Å². The van der Waals surface area contributed by atoms with Crippen LogP contribution < -0.4 is 0 Å². The largest absolute Gasteiger partial charge is 0.455 e. The van der Waals surface area contributed by atoms with Crippen molar-refractivity contribution in [3.05, 3.63) is 206 Å². The lowest BCUT2D eigenvalue weighted by Crippen LogP contribution is -1.97. The molecule has 3 heteroatoms. The Labute approximate surface area is 319 Å². The second kappa shape index (κ2) is 13.9. The Kier molecular flexibility index (Phi) is 8.16. The number of fused-ring (bicyclic) bond motifs is 3. The quantitative estimate of drug-likeness (QED) is 0.166. The summed E-state index contributed by atoms with van der Waals surface area (Å²) in [5.74, 6) is 0.673. The molecular formula is C52H34N2O. The third-order valence-electron chi connectivity index (χ3n) is 10.3. The van der Waals surface area contributed by atoms with E-state index < -0.39 is 0 Å². The molecule has 0 aliphatic rings. The molecular weight excluding hydrogens is 669 g/mol. The fraction of sp³-hybridized carbons (Fsp3) is 0. The molecule has 0 unspecified atom stereocenters. The van der Waals surface area contributed by atoms with Crippen LogP contribution in [0.5, 0.6) is 0 Å². The van der Waals surface area contributed by atoms with Gasteiger partial charge in [0.15, 0.2) is 5.82 Å². The molecule has 258 valence electrons. The number of nitrogens with zero attached hydrogens (tertiary/aromatic N) is 2. The molecule has 0 saturated carbocycles. The summed E-state index contributed by atoms with van der Waals surface area (Å²) in [6.45, 7) is 0. The number of hydrogen-bond acceptors (Lipinski definition) is 3. The van der Waals surface area contributed by atoms with E-state index in [0.29, 0.717) is 5.82 Å². The highest BCUT2D eigenvalue weighted by Gasteiger charge is 2.18. The van der Waals surface area contributed by atoms with Crippen LogP contribution in [-0.2, 0) is 0 Å². The Balaban J connectivity index is 1.20. The molecule has 0 aliphatic carbocycles. The van der Waals surface area contributed by atoms with Gasteiger partial charge in [-0.3, -0.25) is 0 Å². The Hall–Kier alpha value is -7.36. The van der Waals surface area contributed by atoms with Crippen LogP contribution >= 0.6 is 0 Å². The van der Waals surface area contributed by atoms with Crippen molar-refractivity contribution >= 4 is 21.9 Å². The molecule has 55 heavy (non-hydrogen) atoms. The molecule has 0 N–H and O–H groups in total. The van der Waals surface area contributed by atoms with Gasteiger partial charge in [-0.05, 0) is 69.3 Å². The van der Waals surface area contributed by atoms with Crippen molar-refractivity contribution in [2.45, 2.75) is 0 Å². The van der Waals surface area contributed by atoms with Crippen molar-refractivity contribution in [3.8, 4) is 78.4 Å². The molecule has 10 rings (SSSR count). The normalized spacial score (nSPS) is 11.3. The molecule has 0 saturated heterocycles. The van der Waals surface area contributed by atoms with Gasteiger partial charge in [-0.15, -0.1) is 0 Å². The maximum absolute atomic E-state index is 6.59. The van der Waals surface area contributed by atoms with Crippen LogP contribution in [0.2, 0.25) is 0 Å². The highest BCUT2D eigenvalue weighted by molar-refractivity contribution is 6.10. The first kappa shape index (κ1) is 32.3. The molecule has 10 aromatic rings. The van der Waals surface area contributed by atoms with Crippen molar-refractivity contribution in [1.82, 2.24) is 9.97 Å². The molecule has 8 aromatic carbocycles. The molecule has 0 aliphatic heterocycles. The maximum atomic E-state index is 6.59. The average molecular weight is 703 g/mol. The lowest BCUT2D eigenvalue weighted by atomic mass is 9.90. The van der Waals surface area contributed by atoms with Gasteiger partial charge in [0.05, 0.1) is 11.4 Å². The van der Waals surface area contributed by atoms with E-state index in [1.165, 1.54) is 16.7 Å². The first-order chi connectivity index (χ1) is 27.2. The molecule has 0 fully saturated rings. The minimum Gasteiger partial charge on any atom is -0.455 e. The van der Waals surface area contributed by atoms with Crippen LogP contribution in [0.1, 0.15) is 0 Å². The zero-order valence-electron chi connectivity index (χ0n) is 29.9. The van der Waals surface area contributed by atoms with Gasteiger partial charge in [0, 0.05) is 33.0 Å². The number of benzene rings is 8. The Morgan fingerprint density at radius 1 is 0.291 bits per heavy atom. The van der Waals surface area contributed by atoms with E-state index in [1.54, 1.807) is 0 Å². The summed E-state index contributed by atoms with van der Waals surface area (Å²) in [4.78, 5) is 10.5. The van der Waals surface area contributed by atoms with Gasteiger partial charge in [0.25, 0.3) is 0 Å². The zero-order valence-corrected chi connectivity index (χ0v) is 29.9. The van der Waals surface area contributed by atoms with Crippen molar-refractivity contribution in [2.75, 3.05) is 0 Å². The fourth-order valence-electron chi connectivity index (χ4n) is 7.59. The van der Waals surface area contributed by atoms with E-state index >= 15 is 0 Å². The van der Waals surface area contributed by atoms with Crippen molar-refractivity contribution < 1.29 is 4.42 Å². The van der Waals surface area contributed by atoms with Crippen molar-refractivity contribution in [3.63, 3.8) is 0 Å². The zero-order chi connectivity index (χ0) is 36.6. The minimum absolute atomic E-state index is 0.673. The maximum Gasteiger partial charge on any atom is 0.160 e. The monoisotopic (exact) mass is 702 g/mol. The van der Waals surface area contributed by atoms with E-state index in [9.17, 15) is 0 Å². The predicted octanol–water partition coefficient (Wildman–Crippen LogP) is 14.0. The van der Waals surface area contributed by atoms with Crippen LogP contribution in [0.4, 0.5) is 0 Å². The summed E-state index contributed by atoms with van der Waals surface area (Å²) < 4.78 is 6.59. The molecule has 2 heterocycles. The third kappa shape index (κ3) is 6.18. The van der Waals surface area contributed by atoms with Crippen LogP contribution in [0.3, 0.4) is 0 Å². The molecule has 3 nitrogen and oxygen atoms in total. The summed E-state index contributed by atoms with van der Waals surface area (Å²) in [5.41, 5.74) is 15.4. The van der Waals surface area contributed by atoms with E-state index in [4.69, 9.17) is 14.4 Å². The number of furan rings is 1. The number of hydrogen-bond donors (Lipinski definition) is 0. The molecule has 0 atom stereocenters. The third-order valence-corrected chi connectivity index (χ3v) is 10.3. The summed E-state index contributed by atoms with van der Waals surface area (Å²) in [6.07, 6.45) is 0.